The summed E-state index contributed by atoms with van der Waals surface area (Å²) in [5, 5.41) is 8.96. The van der Waals surface area contributed by atoms with Crippen molar-refractivity contribution in [2.75, 3.05) is 26.9 Å². The van der Waals surface area contributed by atoms with Crippen LogP contribution in [0.5, 0.6) is 17.2 Å². The molecule has 1 atom stereocenters. The van der Waals surface area contributed by atoms with Gasteiger partial charge in [-0.25, -0.2) is 0 Å². The Morgan fingerprint density at radius 2 is 1.96 bits per heavy atom. The number of benzene rings is 2. The Kier molecular flexibility index (Phi) is 5.51. The fourth-order valence-corrected chi connectivity index (χ4v) is 3.17. The highest BCUT2D eigenvalue weighted by Crippen LogP contribution is 2.41. The van der Waals surface area contributed by atoms with Crippen LogP contribution >= 0.6 is 0 Å². The summed E-state index contributed by atoms with van der Waals surface area (Å²) < 4.78 is 16.6. The highest BCUT2D eigenvalue weighted by Gasteiger charge is 2.26. The van der Waals surface area contributed by atoms with E-state index in [1.807, 2.05) is 26.0 Å². The number of nitrogens with zero attached hydrogens (tertiary/aromatic N) is 2. The van der Waals surface area contributed by atoms with E-state index < -0.39 is 0 Å². The second kappa shape index (κ2) is 8.00. The molecule has 0 saturated carbocycles. The SMILES string of the molecule is CCN(C(=O)c1cc(OC)c2c(c1)OCCO2)[C@H](C)c1ccc(C#N)cc1. The molecule has 0 aliphatic carbocycles. The van der Waals surface area contributed by atoms with Crippen molar-refractivity contribution in [2.45, 2.75) is 19.9 Å². The van der Waals surface area contributed by atoms with E-state index in [1.165, 1.54) is 0 Å². The van der Waals surface area contributed by atoms with Crippen molar-refractivity contribution in [3.63, 3.8) is 0 Å². The van der Waals surface area contributed by atoms with Gasteiger partial charge in [0, 0.05) is 12.1 Å². The van der Waals surface area contributed by atoms with E-state index in [0.717, 1.165) is 5.56 Å². The number of methoxy groups -OCH3 is 1. The van der Waals surface area contributed by atoms with Crippen LogP contribution in [0.15, 0.2) is 36.4 Å². The van der Waals surface area contributed by atoms with Gasteiger partial charge in [-0.05, 0) is 43.7 Å². The lowest BCUT2D eigenvalue weighted by Gasteiger charge is -2.29. The third-order valence-corrected chi connectivity index (χ3v) is 4.67. The fourth-order valence-electron chi connectivity index (χ4n) is 3.17. The maximum Gasteiger partial charge on any atom is 0.254 e. The standard InChI is InChI=1S/C21H22N2O4/c1-4-23(14(2)16-7-5-15(13-22)6-8-16)21(24)17-11-18(25-3)20-19(12-17)26-9-10-27-20/h5-8,11-12,14H,4,9-10H2,1-3H3/t14-/m1/s1. The molecule has 1 aliphatic rings. The van der Waals surface area contributed by atoms with Gasteiger partial charge in [-0.1, -0.05) is 12.1 Å². The molecular weight excluding hydrogens is 344 g/mol. The molecule has 27 heavy (non-hydrogen) atoms. The Balaban J connectivity index is 1.91. The Hall–Kier alpha value is -3.20. The largest absolute Gasteiger partial charge is 0.493 e. The normalized spacial score (nSPS) is 13.4. The Morgan fingerprint density at radius 3 is 2.59 bits per heavy atom. The third kappa shape index (κ3) is 3.68. The average Bonchev–Trinajstić information content (AvgIpc) is 2.73. The molecule has 2 aromatic carbocycles. The quantitative estimate of drug-likeness (QED) is 0.809. The first-order chi connectivity index (χ1) is 13.1. The molecule has 6 nitrogen and oxygen atoms in total. The number of carbonyl (C=O) groups excluding carboxylic acids is 1. The lowest BCUT2D eigenvalue weighted by Crippen LogP contribution is -2.33. The first-order valence-electron chi connectivity index (χ1n) is 8.87. The predicted molar refractivity (Wildman–Crippen MR) is 100 cm³/mol. The summed E-state index contributed by atoms with van der Waals surface area (Å²) in [5.41, 5.74) is 2.05. The molecule has 140 valence electrons. The number of nitriles is 1. The maximum absolute atomic E-state index is 13.2. The number of ether oxygens (including phenoxy) is 3. The van der Waals surface area contributed by atoms with Gasteiger partial charge in [0.25, 0.3) is 5.91 Å². The summed E-state index contributed by atoms with van der Waals surface area (Å²) in [6.07, 6.45) is 0. The molecule has 1 amide bonds. The fraction of sp³-hybridized carbons (Fsp3) is 0.333. The predicted octanol–water partition coefficient (Wildman–Crippen LogP) is 3.56. The van der Waals surface area contributed by atoms with Crippen LogP contribution in [0.2, 0.25) is 0 Å². The number of rotatable bonds is 5. The van der Waals surface area contributed by atoms with Crippen LogP contribution in [0, 0.1) is 11.3 Å². The molecule has 0 spiro atoms. The van der Waals surface area contributed by atoms with Gasteiger partial charge in [-0.15, -0.1) is 0 Å². The molecule has 0 aromatic heterocycles. The van der Waals surface area contributed by atoms with E-state index in [1.54, 1.807) is 36.3 Å². The number of amides is 1. The molecule has 2 aromatic rings. The van der Waals surface area contributed by atoms with Crippen molar-refractivity contribution in [1.82, 2.24) is 4.90 Å². The third-order valence-electron chi connectivity index (χ3n) is 4.67. The lowest BCUT2D eigenvalue weighted by atomic mass is 10.0. The van der Waals surface area contributed by atoms with Gasteiger partial charge >= 0.3 is 0 Å². The summed E-state index contributed by atoms with van der Waals surface area (Å²) in [6.45, 7) is 5.34. The first kappa shape index (κ1) is 18.6. The van der Waals surface area contributed by atoms with Crippen LogP contribution in [0.1, 0.15) is 41.4 Å². The highest BCUT2D eigenvalue weighted by molar-refractivity contribution is 5.96. The van der Waals surface area contributed by atoms with Crippen molar-refractivity contribution in [3.8, 4) is 23.3 Å². The van der Waals surface area contributed by atoms with Gasteiger partial charge in [0.05, 0.1) is 24.8 Å². The zero-order valence-electron chi connectivity index (χ0n) is 15.7. The molecule has 1 aliphatic heterocycles. The van der Waals surface area contributed by atoms with E-state index in [2.05, 4.69) is 6.07 Å². The van der Waals surface area contributed by atoms with Gasteiger partial charge in [0.15, 0.2) is 11.5 Å². The second-order valence-corrected chi connectivity index (χ2v) is 6.20. The minimum absolute atomic E-state index is 0.121. The molecule has 3 rings (SSSR count). The zero-order chi connectivity index (χ0) is 19.4. The van der Waals surface area contributed by atoms with E-state index in [9.17, 15) is 4.79 Å². The topological polar surface area (TPSA) is 71.8 Å². The van der Waals surface area contributed by atoms with Gasteiger partial charge in [0.1, 0.15) is 13.2 Å². The number of fused-ring (bicyclic) bond motifs is 1. The average molecular weight is 366 g/mol. The van der Waals surface area contributed by atoms with Crippen LogP contribution < -0.4 is 14.2 Å². The zero-order valence-corrected chi connectivity index (χ0v) is 15.7. The molecule has 0 N–H and O–H groups in total. The smallest absolute Gasteiger partial charge is 0.254 e. The number of hydrogen-bond donors (Lipinski definition) is 0. The number of hydrogen-bond acceptors (Lipinski definition) is 5. The van der Waals surface area contributed by atoms with Crippen molar-refractivity contribution < 1.29 is 19.0 Å². The van der Waals surface area contributed by atoms with Crippen LogP contribution in [0.4, 0.5) is 0 Å². The van der Waals surface area contributed by atoms with Crippen molar-refractivity contribution >= 4 is 5.91 Å². The molecule has 0 bridgehead atoms. The van der Waals surface area contributed by atoms with Crippen molar-refractivity contribution in [2.24, 2.45) is 0 Å². The Labute approximate surface area is 158 Å². The summed E-state index contributed by atoms with van der Waals surface area (Å²) in [4.78, 5) is 15.0. The minimum atomic E-state index is -0.144. The van der Waals surface area contributed by atoms with Gasteiger partial charge in [-0.3, -0.25) is 4.79 Å². The number of carbonyl (C=O) groups is 1. The van der Waals surface area contributed by atoms with Crippen LogP contribution in [0.3, 0.4) is 0 Å². The van der Waals surface area contributed by atoms with Crippen molar-refractivity contribution in [1.29, 1.82) is 5.26 Å². The van der Waals surface area contributed by atoms with Gasteiger partial charge in [-0.2, -0.15) is 5.26 Å². The van der Waals surface area contributed by atoms with E-state index in [-0.39, 0.29) is 11.9 Å². The summed E-state index contributed by atoms with van der Waals surface area (Å²) in [6, 6.07) is 12.6. The molecular formula is C21H22N2O4. The second-order valence-electron chi connectivity index (χ2n) is 6.20. The van der Waals surface area contributed by atoms with E-state index >= 15 is 0 Å². The van der Waals surface area contributed by atoms with Crippen molar-refractivity contribution in [3.05, 3.63) is 53.1 Å². The molecule has 0 saturated heterocycles. The molecule has 6 heteroatoms. The summed E-state index contributed by atoms with van der Waals surface area (Å²) >= 11 is 0. The first-order valence-corrected chi connectivity index (χ1v) is 8.87. The lowest BCUT2D eigenvalue weighted by molar-refractivity contribution is 0.0700. The van der Waals surface area contributed by atoms with E-state index in [4.69, 9.17) is 19.5 Å². The van der Waals surface area contributed by atoms with E-state index in [0.29, 0.717) is 48.1 Å². The van der Waals surface area contributed by atoms with Crippen LogP contribution in [-0.4, -0.2) is 37.7 Å². The van der Waals surface area contributed by atoms with Gasteiger partial charge in [0.2, 0.25) is 5.75 Å². The molecule has 1 heterocycles. The summed E-state index contributed by atoms with van der Waals surface area (Å²) in [7, 11) is 1.54. The Bertz CT molecular complexity index is 854. The summed E-state index contributed by atoms with van der Waals surface area (Å²) in [5.74, 6) is 1.41. The van der Waals surface area contributed by atoms with Crippen LogP contribution in [-0.2, 0) is 0 Å². The maximum atomic E-state index is 13.2. The molecule has 0 radical (unpaired) electrons. The Morgan fingerprint density at radius 1 is 1.26 bits per heavy atom. The van der Waals surface area contributed by atoms with Gasteiger partial charge < -0.3 is 19.1 Å². The minimum Gasteiger partial charge on any atom is -0.493 e. The van der Waals surface area contributed by atoms with Crippen LogP contribution in [0.25, 0.3) is 0 Å². The molecule has 0 unspecified atom stereocenters. The monoisotopic (exact) mass is 366 g/mol. The highest BCUT2D eigenvalue weighted by atomic mass is 16.6. The molecule has 0 fully saturated rings.